The van der Waals surface area contributed by atoms with E-state index in [0.717, 1.165) is 18.4 Å². The first-order valence-electron chi connectivity index (χ1n) is 9.37. The molecule has 4 heteroatoms. The van der Waals surface area contributed by atoms with Gasteiger partial charge in [-0.15, -0.1) is 0 Å². The Balaban J connectivity index is 1.85. The van der Waals surface area contributed by atoms with E-state index in [4.69, 9.17) is 11.1 Å². The van der Waals surface area contributed by atoms with Crippen LogP contribution >= 0.6 is 0 Å². The summed E-state index contributed by atoms with van der Waals surface area (Å²) in [6.07, 6.45) is 6.02. The highest BCUT2D eigenvalue weighted by atomic mass is 16.1. The van der Waals surface area contributed by atoms with Gasteiger partial charge in [0.1, 0.15) is 0 Å². The number of rotatable bonds is 5. The molecule has 0 aliphatic heterocycles. The molecule has 4 N–H and O–H groups in total. The predicted octanol–water partition coefficient (Wildman–Crippen LogP) is 4.71. The molecular weight excluding hydrogens is 322 g/mol. The zero-order valence-corrected chi connectivity index (χ0v) is 15.3. The van der Waals surface area contributed by atoms with E-state index in [2.05, 4.69) is 17.4 Å². The maximum atomic E-state index is 12.9. The lowest BCUT2D eigenvalue weighted by Gasteiger charge is -2.31. The van der Waals surface area contributed by atoms with Gasteiger partial charge in [-0.05, 0) is 49.4 Å². The highest BCUT2D eigenvalue weighted by Gasteiger charge is 2.27. The van der Waals surface area contributed by atoms with Gasteiger partial charge < -0.3 is 16.5 Å². The zero-order valence-electron chi connectivity index (χ0n) is 15.3. The van der Waals surface area contributed by atoms with Crippen molar-refractivity contribution in [3.63, 3.8) is 0 Å². The van der Waals surface area contributed by atoms with Crippen molar-refractivity contribution in [3.8, 4) is 0 Å². The number of hydrogen-bond acceptors (Lipinski definition) is 3. The molecule has 1 amide bonds. The number of carbonyl (C=O) groups excluding carboxylic acids is 1. The second-order valence-corrected chi connectivity index (χ2v) is 7.19. The van der Waals surface area contributed by atoms with E-state index in [1.165, 1.54) is 19.3 Å². The summed E-state index contributed by atoms with van der Waals surface area (Å²) in [5.41, 5.74) is 9.15. The minimum absolute atomic E-state index is 0.0195. The van der Waals surface area contributed by atoms with Gasteiger partial charge >= 0.3 is 0 Å². The fourth-order valence-corrected chi connectivity index (χ4v) is 3.85. The topological polar surface area (TPSA) is 79.0 Å². The molecule has 1 atom stereocenters. The van der Waals surface area contributed by atoms with E-state index in [1.54, 1.807) is 25.1 Å². The molecule has 0 bridgehead atoms. The van der Waals surface area contributed by atoms with Crippen molar-refractivity contribution in [1.29, 1.82) is 5.41 Å². The van der Waals surface area contributed by atoms with Gasteiger partial charge in [0, 0.05) is 22.5 Å². The van der Waals surface area contributed by atoms with Crippen LogP contribution in [0.15, 0.2) is 48.5 Å². The van der Waals surface area contributed by atoms with Crippen LogP contribution in [0.1, 0.15) is 66.6 Å². The average molecular weight is 349 g/mol. The first kappa shape index (κ1) is 18.2. The molecule has 0 radical (unpaired) electrons. The van der Waals surface area contributed by atoms with Crippen LogP contribution in [0.25, 0.3) is 0 Å². The number of nitrogens with two attached hydrogens (primary N) is 1. The molecule has 1 saturated carbocycles. The Hall–Kier alpha value is -2.62. The maximum Gasteiger partial charge on any atom is 0.251 e. The van der Waals surface area contributed by atoms with E-state index >= 15 is 0 Å². The quantitative estimate of drug-likeness (QED) is 0.540. The normalized spacial score (nSPS) is 16.0. The number of nitrogen functional groups attached to an aromatic ring is 1. The average Bonchev–Trinajstić information content (AvgIpc) is 2.67. The highest BCUT2D eigenvalue weighted by molar-refractivity contribution is 6.04. The fraction of sp³-hybridized carbons (Fsp3) is 0.364. The summed E-state index contributed by atoms with van der Waals surface area (Å²) in [7, 11) is 0. The lowest BCUT2D eigenvalue weighted by molar-refractivity contribution is 0.0912. The standard InChI is InChI=1S/C22H27N3O/c1-15(23)19-14-18(12-13-20(19)24)22(26)25-21(16-8-4-2-5-9-16)17-10-6-3-7-11-17/h2,4-5,8-9,12-14,17,21,23H,3,6-7,10-11,24H2,1H3,(H,25,26). The molecular formula is C22H27N3O. The Morgan fingerprint density at radius 3 is 2.46 bits per heavy atom. The van der Waals surface area contributed by atoms with Crippen LogP contribution in [0.4, 0.5) is 5.69 Å². The Bertz CT molecular complexity index is 779. The third-order valence-corrected chi connectivity index (χ3v) is 5.29. The monoisotopic (exact) mass is 349 g/mol. The number of nitrogens with one attached hydrogen (secondary N) is 2. The molecule has 0 aromatic heterocycles. The van der Waals surface area contributed by atoms with E-state index in [-0.39, 0.29) is 11.9 Å². The van der Waals surface area contributed by atoms with Crippen molar-refractivity contribution >= 4 is 17.3 Å². The smallest absolute Gasteiger partial charge is 0.251 e. The van der Waals surface area contributed by atoms with Crippen LogP contribution in [0.2, 0.25) is 0 Å². The molecule has 0 heterocycles. The minimum atomic E-state index is -0.105. The summed E-state index contributed by atoms with van der Waals surface area (Å²) in [5, 5.41) is 11.1. The zero-order chi connectivity index (χ0) is 18.5. The summed E-state index contributed by atoms with van der Waals surface area (Å²) >= 11 is 0. The Kier molecular flexibility index (Phi) is 5.71. The third-order valence-electron chi connectivity index (χ3n) is 5.29. The summed E-state index contributed by atoms with van der Waals surface area (Å²) in [4.78, 5) is 12.9. The second-order valence-electron chi connectivity index (χ2n) is 7.19. The molecule has 1 aliphatic rings. The van der Waals surface area contributed by atoms with Crippen molar-refractivity contribution < 1.29 is 4.79 Å². The fourth-order valence-electron chi connectivity index (χ4n) is 3.85. The van der Waals surface area contributed by atoms with Crippen molar-refractivity contribution in [2.24, 2.45) is 5.92 Å². The number of hydrogen-bond donors (Lipinski definition) is 3. The van der Waals surface area contributed by atoms with Crippen LogP contribution in [0, 0.1) is 11.3 Å². The van der Waals surface area contributed by atoms with Gasteiger partial charge in [-0.3, -0.25) is 4.79 Å². The Labute approximate surface area is 155 Å². The van der Waals surface area contributed by atoms with Crippen LogP contribution in [0.3, 0.4) is 0 Å². The molecule has 1 unspecified atom stereocenters. The number of carbonyl (C=O) groups is 1. The molecule has 0 spiro atoms. The van der Waals surface area contributed by atoms with Gasteiger partial charge in [0.05, 0.1) is 6.04 Å². The maximum absolute atomic E-state index is 12.9. The van der Waals surface area contributed by atoms with Crippen molar-refractivity contribution in [2.45, 2.75) is 45.1 Å². The lowest BCUT2D eigenvalue weighted by atomic mass is 9.81. The van der Waals surface area contributed by atoms with Gasteiger partial charge in [0.25, 0.3) is 5.91 Å². The van der Waals surface area contributed by atoms with E-state index in [9.17, 15) is 4.79 Å². The SMILES string of the molecule is CC(=N)c1cc(C(=O)NC(c2ccccc2)C2CCCCC2)ccc1N. The molecule has 26 heavy (non-hydrogen) atoms. The van der Waals surface area contributed by atoms with Crippen LogP contribution in [-0.2, 0) is 0 Å². The summed E-state index contributed by atoms with van der Waals surface area (Å²) < 4.78 is 0. The van der Waals surface area contributed by atoms with Crippen molar-refractivity contribution in [2.75, 3.05) is 5.73 Å². The Morgan fingerprint density at radius 1 is 1.12 bits per heavy atom. The summed E-state index contributed by atoms with van der Waals surface area (Å²) in [5.74, 6) is 0.361. The highest BCUT2D eigenvalue weighted by Crippen LogP contribution is 2.34. The molecule has 2 aromatic rings. The van der Waals surface area contributed by atoms with Crippen LogP contribution < -0.4 is 11.1 Å². The molecule has 0 saturated heterocycles. The molecule has 1 aliphatic carbocycles. The third kappa shape index (κ3) is 4.13. The van der Waals surface area contributed by atoms with Gasteiger partial charge in [-0.25, -0.2) is 0 Å². The molecule has 4 nitrogen and oxygen atoms in total. The van der Waals surface area contributed by atoms with Crippen molar-refractivity contribution in [1.82, 2.24) is 5.32 Å². The van der Waals surface area contributed by atoms with E-state index < -0.39 is 0 Å². The van der Waals surface area contributed by atoms with E-state index in [1.807, 2.05) is 18.2 Å². The lowest BCUT2D eigenvalue weighted by Crippen LogP contribution is -2.34. The number of amides is 1. The second kappa shape index (κ2) is 8.17. The van der Waals surface area contributed by atoms with Gasteiger partial charge in [-0.1, -0.05) is 49.6 Å². The molecule has 1 fully saturated rings. The first-order valence-corrected chi connectivity index (χ1v) is 9.37. The number of anilines is 1. The first-order chi connectivity index (χ1) is 12.6. The van der Waals surface area contributed by atoms with Crippen LogP contribution in [-0.4, -0.2) is 11.6 Å². The number of benzene rings is 2. The molecule has 2 aromatic carbocycles. The summed E-state index contributed by atoms with van der Waals surface area (Å²) in [6.45, 7) is 1.68. The molecule has 3 rings (SSSR count). The minimum Gasteiger partial charge on any atom is -0.398 e. The van der Waals surface area contributed by atoms with Gasteiger partial charge in [-0.2, -0.15) is 0 Å². The van der Waals surface area contributed by atoms with Gasteiger partial charge in [0.2, 0.25) is 0 Å². The molecule has 136 valence electrons. The predicted molar refractivity (Wildman–Crippen MR) is 107 cm³/mol. The Morgan fingerprint density at radius 2 is 1.81 bits per heavy atom. The summed E-state index contributed by atoms with van der Waals surface area (Å²) in [6, 6.07) is 15.4. The largest absolute Gasteiger partial charge is 0.398 e. The van der Waals surface area contributed by atoms with Crippen molar-refractivity contribution in [3.05, 3.63) is 65.2 Å². The van der Waals surface area contributed by atoms with Crippen LogP contribution in [0.5, 0.6) is 0 Å². The van der Waals surface area contributed by atoms with Gasteiger partial charge in [0.15, 0.2) is 0 Å². The van der Waals surface area contributed by atoms with E-state index in [0.29, 0.717) is 28.4 Å².